The molecule has 0 bridgehead atoms. The van der Waals surface area contributed by atoms with Gasteiger partial charge in [0.15, 0.2) is 0 Å². The molecule has 0 atom stereocenters. The second-order valence-electron chi connectivity index (χ2n) is 1.56. The molecule has 0 radical (unpaired) electrons. The summed E-state index contributed by atoms with van der Waals surface area (Å²) in [6.45, 7) is 0. The molecule has 0 aliphatic carbocycles. The summed E-state index contributed by atoms with van der Waals surface area (Å²) in [6.07, 6.45) is -4.64. The molecule has 0 amide bonds. The highest BCUT2D eigenvalue weighted by Gasteiger charge is 2.38. The van der Waals surface area contributed by atoms with Gasteiger partial charge in [0.1, 0.15) is 0 Å². The van der Waals surface area contributed by atoms with Gasteiger partial charge in [-0.05, 0) is 0 Å². The zero-order valence-electron chi connectivity index (χ0n) is 4.92. The third-order valence-electron chi connectivity index (χ3n) is 0.784. The number of aromatic nitrogens is 2. The first-order chi connectivity index (χ1) is 5.04. The molecule has 0 aliphatic heterocycles. The van der Waals surface area contributed by atoms with Crippen molar-refractivity contribution in [3.05, 3.63) is 11.8 Å². The third kappa shape index (κ3) is 1.54. The van der Waals surface area contributed by atoms with E-state index in [0.29, 0.717) is 0 Å². The van der Waals surface area contributed by atoms with Crippen LogP contribution in [0.2, 0.25) is 0 Å². The smallest absolute Gasteiger partial charge is 0.410 e. The van der Waals surface area contributed by atoms with E-state index in [1.165, 1.54) is 0 Å². The van der Waals surface area contributed by atoms with Crippen molar-refractivity contribution in [3.63, 3.8) is 0 Å². The topological polar surface area (TPSA) is 56.0 Å². The van der Waals surface area contributed by atoms with Crippen molar-refractivity contribution in [2.24, 2.45) is 0 Å². The summed E-state index contributed by atoms with van der Waals surface area (Å²) < 4.78 is 38.8. The van der Waals surface area contributed by atoms with Crippen LogP contribution in [0.25, 0.3) is 0 Å². The van der Waals surface area contributed by atoms with Crippen molar-refractivity contribution in [2.75, 3.05) is 0 Å². The van der Waals surface area contributed by atoms with Gasteiger partial charge in [-0.2, -0.15) is 13.2 Å². The van der Waals surface area contributed by atoms with E-state index in [1.807, 2.05) is 0 Å². The Morgan fingerprint density at radius 3 is 2.27 bits per heavy atom. The minimum Gasteiger partial charge on any atom is -0.410 e. The van der Waals surface area contributed by atoms with E-state index in [1.54, 1.807) is 0 Å². The highest BCUT2D eigenvalue weighted by Crippen LogP contribution is 2.27. The maximum atomic E-state index is 11.6. The summed E-state index contributed by atoms with van der Waals surface area (Å²) in [4.78, 5) is 9.78. The molecule has 0 spiro atoms. The molecule has 1 aromatic rings. The summed E-state index contributed by atoms with van der Waals surface area (Å²) in [5.41, 5.74) is 0. The maximum absolute atomic E-state index is 11.6. The molecule has 60 valence electrons. The summed E-state index contributed by atoms with van der Waals surface area (Å²) in [6, 6.07) is 0. The predicted molar refractivity (Wildman–Crippen MR) is 24.7 cm³/mol. The zero-order chi connectivity index (χ0) is 8.48. The van der Waals surface area contributed by atoms with Crippen LogP contribution in [0.3, 0.4) is 0 Å². The van der Waals surface area contributed by atoms with Gasteiger partial charge in [0, 0.05) is 0 Å². The zero-order valence-corrected chi connectivity index (χ0v) is 4.92. The Morgan fingerprint density at radius 1 is 1.36 bits per heavy atom. The van der Waals surface area contributed by atoms with Gasteiger partial charge in [-0.15, -0.1) is 10.2 Å². The van der Waals surface area contributed by atoms with Crippen molar-refractivity contribution >= 4 is 6.29 Å². The Morgan fingerprint density at radius 2 is 2.00 bits per heavy atom. The summed E-state index contributed by atoms with van der Waals surface area (Å²) in [5.74, 6) is -2.20. The van der Waals surface area contributed by atoms with Gasteiger partial charge in [-0.3, -0.25) is 4.79 Å². The predicted octanol–water partition coefficient (Wildman–Crippen LogP) is 0.901. The summed E-state index contributed by atoms with van der Waals surface area (Å²) in [5, 5.41) is 5.38. The molecule has 0 unspecified atom stereocenters. The van der Waals surface area contributed by atoms with Gasteiger partial charge in [0.25, 0.3) is 5.89 Å². The molecule has 1 heterocycles. The first-order valence-corrected chi connectivity index (χ1v) is 2.40. The van der Waals surface area contributed by atoms with Crippen LogP contribution in [0, 0.1) is 0 Å². The minimum atomic E-state index is -4.69. The molecule has 0 aliphatic rings. The van der Waals surface area contributed by atoms with Gasteiger partial charge in [0.2, 0.25) is 6.29 Å². The fourth-order valence-corrected chi connectivity index (χ4v) is 0.397. The van der Waals surface area contributed by atoms with Crippen molar-refractivity contribution in [1.29, 1.82) is 0 Å². The summed E-state index contributed by atoms with van der Waals surface area (Å²) in [7, 11) is 0. The lowest BCUT2D eigenvalue weighted by molar-refractivity contribution is -0.157. The highest BCUT2D eigenvalue weighted by molar-refractivity contribution is 5.66. The average Bonchev–Trinajstić information content (AvgIpc) is 2.32. The molecule has 1 rings (SSSR count). The second kappa shape index (κ2) is 2.33. The van der Waals surface area contributed by atoms with Crippen LogP contribution < -0.4 is 0 Å². The van der Waals surface area contributed by atoms with Crippen LogP contribution in [-0.4, -0.2) is 16.5 Å². The fraction of sp³-hybridized carbons (Fsp3) is 0.250. The second-order valence-corrected chi connectivity index (χ2v) is 1.56. The largest absolute Gasteiger partial charge is 0.470 e. The van der Waals surface area contributed by atoms with E-state index in [9.17, 15) is 18.0 Å². The van der Waals surface area contributed by atoms with E-state index >= 15 is 0 Å². The monoisotopic (exact) mass is 166 g/mol. The SMILES string of the molecule is O=Cc1nnc(C(F)(F)F)o1. The minimum absolute atomic E-state index is 0.0439. The van der Waals surface area contributed by atoms with E-state index in [0.717, 1.165) is 0 Å². The number of halogens is 3. The molecular formula is C4HF3N2O2. The van der Waals surface area contributed by atoms with E-state index in [-0.39, 0.29) is 6.29 Å². The van der Waals surface area contributed by atoms with E-state index < -0.39 is 18.0 Å². The molecule has 1 aromatic heterocycles. The normalized spacial score (nSPS) is 11.5. The van der Waals surface area contributed by atoms with Crippen molar-refractivity contribution < 1.29 is 22.4 Å². The van der Waals surface area contributed by atoms with Gasteiger partial charge in [0.05, 0.1) is 0 Å². The third-order valence-corrected chi connectivity index (χ3v) is 0.784. The van der Waals surface area contributed by atoms with E-state index in [4.69, 9.17) is 0 Å². The fourth-order valence-electron chi connectivity index (χ4n) is 0.397. The van der Waals surface area contributed by atoms with Crippen LogP contribution in [0.15, 0.2) is 4.42 Å². The number of hydrogen-bond acceptors (Lipinski definition) is 4. The molecule has 0 aromatic carbocycles. The number of alkyl halides is 3. The van der Waals surface area contributed by atoms with Crippen LogP contribution in [0.1, 0.15) is 16.6 Å². The van der Waals surface area contributed by atoms with Gasteiger partial charge in [-0.1, -0.05) is 0 Å². The lowest BCUT2D eigenvalue weighted by atomic mass is 10.7. The van der Waals surface area contributed by atoms with Gasteiger partial charge in [-0.25, -0.2) is 0 Å². The Bertz CT molecular complexity index is 267. The number of aldehydes is 1. The van der Waals surface area contributed by atoms with Crippen LogP contribution in [0.5, 0.6) is 0 Å². The lowest BCUT2D eigenvalue weighted by Crippen LogP contribution is -2.04. The molecule has 0 saturated heterocycles. The Kier molecular flexibility index (Phi) is 1.63. The Labute approximate surface area is 58.0 Å². The van der Waals surface area contributed by atoms with Crippen LogP contribution in [-0.2, 0) is 6.18 Å². The van der Waals surface area contributed by atoms with Gasteiger partial charge >= 0.3 is 12.1 Å². The Hall–Kier alpha value is -1.40. The van der Waals surface area contributed by atoms with Crippen molar-refractivity contribution in [1.82, 2.24) is 10.2 Å². The molecular weight excluding hydrogens is 165 g/mol. The van der Waals surface area contributed by atoms with E-state index in [2.05, 4.69) is 14.6 Å². The average molecular weight is 166 g/mol. The number of rotatable bonds is 1. The lowest BCUT2D eigenvalue weighted by Gasteiger charge is -1.95. The van der Waals surface area contributed by atoms with Crippen LogP contribution in [0.4, 0.5) is 13.2 Å². The number of carbonyl (C=O) groups excluding carboxylic acids is 1. The van der Waals surface area contributed by atoms with Gasteiger partial charge < -0.3 is 4.42 Å². The molecule has 7 heteroatoms. The number of carbonyl (C=O) groups is 1. The highest BCUT2D eigenvalue weighted by atomic mass is 19.4. The first kappa shape index (κ1) is 7.70. The summed E-state index contributed by atoms with van der Waals surface area (Å²) >= 11 is 0. The maximum Gasteiger partial charge on any atom is 0.470 e. The number of hydrogen-bond donors (Lipinski definition) is 0. The number of nitrogens with zero attached hydrogens (tertiary/aromatic N) is 2. The standard InChI is InChI=1S/C4HF3N2O2/c5-4(6,7)3-9-8-2(1-10)11-3/h1H. The van der Waals surface area contributed by atoms with Crippen molar-refractivity contribution in [3.8, 4) is 0 Å². The quantitative estimate of drug-likeness (QED) is 0.581. The Balaban J connectivity index is 2.98. The molecule has 0 N–H and O–H groups in total. The first-order valence-electron chi connectivity index (χ1n) is 2.40. The molecule has 0 saturated carbocycles. The molecule has 0 fully saturated rings. The molecule has 4 nitrogen and oxygen atoms in total. The molecule has 11 heavy (non-hydrogen) atoms. The van der Waals surface area contributed by atoms with Crippen LogP contribution >= 0.6 is 0 Å². The van der Waals surface area contributed by atoms with Crippen molar-refractivity contribution in [2.45, 2.75) is 6.18 Å².